The zero-order valence-corrected chi connectivity index (χ0v) is 17.1. The first-order valence-corrected chi connectivity index (χ1v) is 10.3. The van der Waals surface area contributed by atoms with Crippen LogP contribution in [0.2, 0.25) is 0 Å². The van der Waals surface area contributed by atoms with Gasteiger partial charge >= 0.3 is 0 Å². The predicted molar refractivity (Wildman–Crippen MR) is 114 cm³/mol. The van der Waals surface area contributed by atoms with Gasteiger partial charge in [0.05, 0.1) is 31.8 Å². The fraction of sp³-hybridized carbons (Fsp3) is 0.455. The second kappa shape index (κ2) is 8.89. The lowest BCUT2D eigenvalue weighted by atomic mass is 10.1. The first-order chi connectivity index (χ1) is 14.5. The molecule has 1 aromatic carbocycles. The fourth-order valence-corrected chi connectivity index (χ4v) is 3.95. The first-order valence-electron chi connectivity index (χ1n) is 10.3. The Morgan fingerprint density at radius 1 is 1.20 bits per heavy atom. The summed E-state index contributed by atoms with van der Waals surface area (Å²) < 4.78 is 5.43. The van der Waals surface area contributed by atoms with Crippen LogP contribution in [0, 0.1) is 6.92 Å². The molecule has 2 saturated heterocycles. The number of aliphatic hydroxyl groups excluding tert-OH is 1. The molecule has 3 heterocycles. The monoisotopic (exact) mass is 412 g/mol. The highest BCUT2D eigenvalue weighted by Gasteiger charge is 2.34. The van der Waals surface area contributed by atoms with Crippen LogP contribution in [0.4, 0.5) is 11.5 Å². The van der Waals surface area contributed by atoms with Gasteiger partial charge < -0.3 is 30.1 Å². The second-order valence-electron chi connectivity index (χ2n) is 7.91. The van der Waals surface area contributed by atoms with Crippen LogP contribution >= 0.6 is 0 Å². The average Bonchev–Trinajstić information content (AvgIpc) is 3.10. The van der Waals surface area contributed by atoms with Crippen molar-refractivity contribution in [1.29, 1.82) is 0 Å². The van der Waals surface area contributed by atoms with Crippen molar-refractivity contribution < 1.29 is 19.7 Å². The van der Waals surface area contributed by atoms with Crippen molar-refractivity contribution in [3.8, 4) is 5.75 Å². The summed E-state index contributed by atoms with van der Waals surface area (Å²) in [6.45, 7) is 5.77. The van der Waals surface area contributed by atoms with Gasteiger partial charge in [-0.2, -0.15) is 0 Å². The Balaban J connectivity index is 1.39. The lowest BCUT2D eigenvalue weighted by Crippen LogP contribution is -2.36. The van der Waals surface area contributed by atoms with E-state index in [4.69, 9.17) is 4.74 Å². The summed E-state index contributed by atoms with van der Waals surface area (Å²) in [4.78, 5) is 21.2. The van der Waals surface area contributed by atoms with E-state index in [0.717, 1.165) is 30.0 Å². The minimum Gasteiger partial charge on any atom is -0.508 e. The van der Waals surface area contributed by atoms with E-state index in [1.54, 1.807) is 29.2 Å². The number of aromatic nitrogens is 1. The Kier molecular flexibility index (Phi) is 6.06. The molecule has 4 rings (SSSR count). The molecule has 0 unspecified atom stereocenters. The van der Waals surface area contributed by atoms with E-state index in [0.29, 0.717) is 25.6 Å². The summed E-state index contributed by atoms with van der Waals surface area (Å²) in [5.74, 6) is 0.831. The maximum atomic E-state index is 12.6. The number of aromatic hydroxyl groups is 1. The average molecular weight is 412 g/mol. The molecule has 0 saturated carbocycles. The molecule has 2 aliphatic rings. The van der Waals surface area contributed by atoms with E-state index in [2.05, 4.69) is 21.3 Å². The number of ether oxygens (including phenoxy) is 1. The number of carbonyl (C=O) groups excluding carboxylic acids is 1. The number of rotatable bonds is 5. The normalized spacial score (nSPS) is 21.7. The predicted octanol–water partition coefficient (Wildman–Crippen LogP) is 1.16. The molecule has 2 aliphatic heterocycles. The summed E-state index contributed by atoms with van der Waals surface area (Å²) in [7, 11) is 0. The highest BCUT2D eigenvalue weighted by molar-refractivity contribution is 5.79. The van der Waals surface area contributed by atoms with E-state index < -0.39 is 6.10 Å². The van der Waals surface area contributed by atoms with E-state index >= 15 is 0 Å². The van der Waals surface area contributed by atoms with Crippen molar-refractivity contribution in [2.45, 2.75) is 25.5 Å². The third-order valence-electron chi connectivity index (χ3n) is 5.58. The van der Waals surface area contributed by atoms with Crippen LogP contribution in [0.25, 0.3) is 0 Å². The largest absolute Gasteiger partial charge is 0.508 e. The zero-order chi connectivity index (χ0) is 21.1. The SMILES string of the molecule is Cc1cc(N2CCOCC2)cc(N[C@@H]2CN(C(=O)Cc3ccc(O)cc3)C[C@H]2O)n1. The smallest absolute Gasteiger partial charge is 0.227 e. The maximum absolute atomic E-state index is 12.6. The van der Waals surface area contributed by atoms with Crippen LogP contribution in [0.5, 0.6) is 5.75 Å². The molecule has 0 radical (unpaired) electrons. The molecular formula is C22H28N4O4. The Morgan fingerprint density at radius 3 is 2.67 bits per heavy atom. The number of morpholine rings is 1. The molecule has 160 valence electrons. The molecular weight excluding hydrogens is 384 g/mol. The van der Waals surface area contributed by atoms with Gasteiger partial charge in [-0.1, -0.05) is 12.1 Å². The third-order valence-corrected chi connectivity index (χ3v) is 5.58. The lowest BCUT2D eigenvalue weighted by molar-refractivity contribution is -0.129. The second-order valence-corrected chi connectivity index (χ2v) is 7.91. The molecule has 3 N–H and O–H groups in total. The highest BCUT2D eigenvalue weighted by Crippen LogP contribution is 2.23. The number of anilines is 2. The highest BCUT2D eigenvalue weighted by atomic mass is 16.5. The third kappa shape index (κ3) is 4.83. The number of aryl methyl sites for hydroxylation is 1. The number of likely N-dealkylation sites (tertiary alicyclic amines) is 1. The Morgan fingerprint density at radius 2 is 1.93 bits per heavy atom. The van der Waals surface area contributed by atoms with E-state index in [1.165, 1.54) is 0 Å². The van der Waals surface area contributed by atoms with Crippen LogP contribution in [0.3, 0.4) is 0 Å². The van der Waals surface area contributed by atoms with Crippen molar-refractivity contribution >= 4 is 17.4 Å². The zero-order valence-electron chi connectivity index (χ0n) is 17.1. The van der Waals surface area contributed by atoms with Gasteiger partial charge in [0.15, 0.2) is 0 Å². The minimum atomic E-state index is -0.664. The standard InChI is InChI=1S/C22H28N4O4/c1-15-10-17(25-6-8-30-9-7-25)12-21(23-15)24-19-13-26(14-20(19)28)22(29)11-16-2-4-18(27)5-3-16/h2-5,10,12,19-20,27-28H,6-9,11,13-14H2,1H3,(H,23,24)/t19-,20-/m1/s1. The number of β-amino-alcohol motifs (C(OH)–C–C–N with tert-alkyl or cyclic N) is 1. The van der Waals surface area contributed by atoms with Crippen molar-refractivity contribution in [3.63, 3.8) is 0 Å². The van der Waals surface area contributed by atoms with E-state index in [-0.39, 0.29) is 30.7 Å². The molecule has 1 aromatic heterocycles. The molecule has 30 heavy (non-hydrogen) atoms. The summed E-state index contributed by atoms with van der Waals surface area (Å²) in [6.07, 6.45) is -0.424. The van der Waals surface area contributed by atoms with Crippen LogP contribution in [0.15, 0.2) is 36.4 Å². The number of phenolic OH excluding ortho intramolecular Hbond substituents is 1. The molecule has 0 aliphatic carbocycles. The Bertz CT molecular complexity index is 883. The van der Waals surface area contributed by atoms with Gasteiger partial charge in [0.25, 0.3) is 0 Å². The molecule has 0 spiro atoms. The maximum Gasteiger partial charge on any atom is 0.227 e. The number of benzene rings is 1. The molecule has 8 nitrogen and oxygen atoms in total. The first kappa shape index (κ1) is 20.4. The van der Waals surface area contributed by atoms with Crippen LogP contribution in [-0.2, 0) is 16.0 Å². The number of phenols is 1. The molecule has 1 amide bonds. The van der Waals surface area contributed by atoms with Gasteiger partial charge in [-0.05, 0) is 30.7 Å². The number of nitrogens with zero attached hydrogens (tertiary/aromatic N) is 3. The number of aliphatic hydroxyl groups is 1. The van der Waals surface area contributed by atoms with Gasteiger partial charge in [0.1, 0.15) is 11.6 Å². The number of hydrogen-bond donors (Lipinski definition) is 3. The fourth-order valence-electron chi connectivity index (χ4n) is 3.95. The topological polar surface area (TPSA) is 98.2 Å². The van der Waals surface area contributed by atoms with Crippen molar-refractivity contribution in [1.82, 2.24) is 9.88 Å². The quantitative estimate of drug-likeness (QED) is 0.678. The summed E-state index contributed by atoms with van der Waals surface area (Å²) in [6, 6.07) is 10.4. The summed E-state index contributed by atoms with van der Waals surface area (Å²) >= 11 is 0. The van der Waals surface area contributed by atoms with Crippen LogP contribution in [-0.4, -0.2) is 77.5 Å². The van der Waals surface area contributed by atoms with Gasteiger partial charge in [-0.25, -0.2) is 4.98 Å². The molecule has 0 bridgehead atoms. The van der Waals surface area contributed by atoms with Gasteiger partial charge in [0.2, 0.25) is 5.91 Å². The van der Waals surface area contributed by atoms with Crippen LogP contribution in [0.1, 0.15) is 11.3 Å². The van der Waals surface area contributed by atoms with Crippen molar-refractivity contribution in [2.24, 2.45) is 0 Å². The Labute approximate surface area is 176 Å². The molecule has 8 heteroatoms. The van der Waals surface area contributed by atoms with Gasteiger partial charge in [0, 0.05) is 43.6 Å². The molecule has 2 aromatic rings. The number of amides is 1. The van der Waals surface area contributed by atoms with Gasteiger partial charge in [-0.15, -0.1) is 0 Å². The van der Waals surface area contributed by atoms with Crippen LogP contribution < -0.4 is 10.2 Å². The number of nitrogens with one attached hydrogen (secondary N) is 1. The van der Waals surface area contributed by atoms with Gasteiger partial charge in [-0.3, -0.25) is 4.79 Å². The number of hydrogen-bond acceptors (Lipinski definition) is 7. The van der Waals surface area contributed by atoms with E-state index in [1.807, 2.05) is 13.0 Å². The molecule has 2 atom stereocenters. The lowest BCUT2D eigenvalue weighted by Gasteiger charge is -2.29. The number of pyridine rings is 1. The summed E-state index contributed by atoms with van der Waals surface area (Å²) in [5, 5.41) is 23.2. The minimum absolute atomic E-state index is 0.0461. The molecule has 2 fully saturated rings. The summed E-state index contributed by atoms with van der Waals surface area (Å²) in [5.41, 5.74) is 2.81. The van der Waals surface area contributed by atoms with Crippen molar-refractivity contribution in [3.05, 3.63) is 47.7 Å². The number of carbonyl (C=O) groups is 1. The van der Waals surface area contributed by atoms with E-state index in [9.17, 15) is 15.0 Å². The Hall–Kier alpha value is -2.84. The van der Waals surface area contributed by atoms with Crippen molar-refractivity contribution in [2.75, 3.05) is 49.6 Å².